The molecule has 1 heterocycles. The number of aromatic nitrogens is 2. The first-order valence-electron chi connectivity index (χ1n) is 5.75. The van der Waals surface area contributed by atoms with Crippen molar-refractivity contribution in [1.82, 2.24) is 14.5 Å². The van der Waals surface area contributed by atoms with Gasteiger partial charge in [0, 0.05) is 31.7 Å². The standard InChI is InChI=1S/C13H17FN4/c1-17(9-13-16-5-6-18(13)2)8-10-7-11(14)3-4-12(10)15/h3-7H,8-9,15H2,1-2H3. The van der Waals surface area contributed by atoms with E-state index in [4.69, 9.17) is 5.73 Å². The predicted molar refractivity (Wildman–Crippen MR) is 69.2 cm³/mol. The molecule has 0 spiro atoms. The van der Waals surface area contributed by atoms with Gasteiger partial charge in [-0.3, -0.25) is 4.90 Å². The van der Waals surface area contributed by atoms with Gasteiger partial charge in [0.05, 0.1) is 6.54 Å². The summed E-state index contributed by atoms with van der Waals surface area (Å²) >= 11 is 0. The molecule has 18 heavy (non-hydrogen) atoms. The fourth-order valence-electron chi connectivity index (χ4n) is 1.85. The van der Waals surface area contributed by atoms with E-state index in [9.17, 15) is 4.39 Å². The van der Waals surface area contributed by atoms with Crippen LogP contribution in [0, 0.1) is 5.82 Å². The highest BCUT2D eigenvalue weighted by Gasteiger charge is 2.08. The number of aryl methyl sites for hydroxylation is 1. The van der Waals surface area contributed by atoms with Gasteiger partial charge in [-0.2, -0.15) is 0 Å². The van der Waals surface area contributed by atoms with Crippen molar-refractivity contribution in [2.75, 3.05) is 12.8 Å². The molecule has 2 rings (SSSR count). The molecule has 0 unspecified atom stereocenters. The fraction of sp³-hybridized carbons (Fsp3) is 0.308. The second kappa shape index (κ2) is 5.18. The molecule has 1 aromatic carbocycles. The number of benzene rings is 1. The summed E-state index contributed by atoms with van der Waals surface area (Å²) in [5.74, 6) is 0.706. The minimum absolute atomic E-state index is 0.260. The maximum atomic E-state index is 13.1. The first-order chi connectivity index (χ1) is 8.56. The van der Waals surface area contributed by atoms with E-state index in [1.54, 1.807) is 12.3 Å². The smallest absolute Gasteiger partial charge is 0.123 e. The molecule has 0 radical (unpaired) electrons. The first kappa shape index (κ1) is 12.6. The molecule has 1 aromatic heterocycles. The quantitative estimate of drug-likeness (QED) is 0.839. The Bertz CT molecular complexity index is 536. The third-order valence-corrected chi connectivity index (χ3v) is 2.88. The molecule has 0 bridgehead atoms. The number of rotatable bonds is 4. The lowest BCUT2D eigenvalue weighted by molar-refractivity contribution is 0.307. The van der Waals surface area contributed by atoms with E-state index < -0.39 is 0 Å². The average molecular weight is 248 g/mol. The molecule has 0 aliphatic heterocycles. The Morgan fingerprint density at radius 1 is 1.39 bits per heavy atom. The van der Waals surface area contributed by atoms with Crippen LogP contribution < -0.4 is 5.73 Å². The highest BCUT2D eigenvalue weighted by Crippen LogP contribution is 2.15. The van der Waals surface area contributed by atoms with Gasteiger partial charge in [0.25, 0.3) is 0 Å². The van der Waals surface area contributed by atoms with Crippen LogP contribution in [-0.4, -0.2) is 21.5 Å². The minimum atomic E-state index is -0.260. The lowest BCUT2D eigenvalue weighted by atomic mass is 10.1. The van der Waals surface area contributed by atoms with Gasteiger partial charge in [0.1, 0.15) is 11.6 Å². The van der Waals surface area contributed by atoms with Gasteiger partial charge >= 0.3 is 0 Å². The van der Waals surface area contributed by atoms with Gasteiger partial charge in [0.2, 0.25) is 0 Å². The van der Waals surface area contributed by atoms with Crippen LogP contribution in [0.5, 0.6) is 0 Å². The van der Waals surface area contributed by atoms with E-state index in [1.807, 2.05) is 29.8 Å². The topological polar surface area (TPSA) is 47.1 Å². The van der Waals surface area contributed by atoms with Gasteiger partial charge in [-0.1, -0.05) is 0 Å². The Kier molecular flexibility index (Phi) is 3.62. The Morgan fingerprint density at radius 3 is 2.83 bits per heavy atom. The molecule has 5 heteroatoms. The second-order valence-corrected chi connectivity index (χ2v) is 4.47. The van der Waals surface area contributed by atoms with Crippen LogP contribution in [-0.2, 0) is 20.1 Å². The molecule has 0 aliphatic carbocycles. The molecule has 0 atom stereocenters. The van der Waals surface area contributed by atoms with Crippen molar-refractivity contribution in [2.24, 2.45) is 7.05 Å². The number of hydrogen-bond donors (Lipinski definition) is 1. The number of anilines is 1. The van der Waals surface area contributed by atoms with E-state index in [-0.39, 0.29) is 5.82 Å². The maximum absolute atomic E-state index is 13.1. The summed E-state index contributed by atoms with van der Waals surface area (Å²) in [4.78, 5) is 6.30. The second-order valence-electron chi connectivity index (χ2n) is 4.47. The van der Waals surface area contributed by atoms with Crippen molar-refractivity contribution in [2.45, 2.75) is 13.1 Å². The molecule has 4 nitrogen and oxygen atoms in total. The Labute approximate surface area is 106 Å². The summed E-state index contributed by atoms with van der Waals surface area (Å²) in [6, 6.07) is 4.45. The van der Waals surface area contributed by atoms with Crippen molar-refractivity contribution in [3.63, 3.8) is 0 Å². The molecule has 0 saturated heterocycles. The molecule has 0 aliphatic rings. The SMILES string of the molecule is CN(Cc1cc(F)ccc1N)Cc1nccn1C. The molecular weight excluding hydrogens is 231 g/mol. The number of imidazole rings is 1. The normalized spacial score (nSPS) is 11.1. The van der Waals surface area contributed by atoms with Gasteiger partial charge in [-0.05, 0) is 30.8 Å². The number of halogens is 1. The lowest BCUT2D eigenvalue weighted by Gasteiger charge is -2.17. The summed E-state index contributed by atoms with van der Waals surface area (Å²) in [6.45, 7) is 1.29. The molecule has 96 valence electrons. The Hall–Kier alpha value is -1.88. The molecule has 0 saturated carbocycles. The van der Waals surface area contributed by atoms with Crippen LogP contribution in [0.1, 0.15) is 11.4 Å². The van der Waals surface area contributed by atoms with Gasteiger partial charge in [-0.25, -0.2) is 9.37 Å². The number of nitrogens with zero attached hydrogens (tertiary/aromatic N) is 3. The van der Waals surface area contributed by atoms with Crippen molar-refractivity contribution in [3.05, 3.63) is 47.8 Å². The third kappa shape index (κ3) is 2.87. The summed E-state index contributed by atoms with van der Waals surface area (Å²) in [7, 11) is 3.91. The summed E-state index contributed by atoms with van der Waals surface area (Å²) in [6.07, 6.45) is 3.67. The average Bonchev–Trinajstić information content (AvgIpc) is 2.70. The van der Waals surface area contributed by atoms with E-state index in [1.165, 1.54) is 12.1 Å². The van der Waals surface area contributed by atoms with Crippen LogP contribution in [0.3, 0.4) is 0 Å². The van der Waals surface area contributed by atoms with Crippen molar-refractivity contribution >= 4 is 5.69 Å². The zero-order valence-electron chi connectivity index (χ0n) is 10.6. The summed E-state index contributed by atoms with van der Waals surface area (Å²) < 4.78 is 15.1. The molecular formula is C13H17FN4. The van der Waals surface area contributed by atoms with E-state index in [0.717, 1.165) is 11.4 Å². The number of nitrogen functional groups attached to an aromatic ring is 1. The molecule has 2 N–H and O–H groups in total. The highest BCUT2D eigenvalue weighted by molar-refractivity contribution is 5.46. The molecule has 0 amide bonds. The largest absolute Gasteiger partial charge is 0.398 e. The van der Waals surface area contributed by atoms with Gasteiger partial charge in [0.15, 0.2) is 0 Å². The minimum Gasteiger partial charge on any atom is -0.398 e. The zero-order chi connectivity index (χ0) is 13.1. The van der Waals surface area contributed by atoms with Crippen LogP contribution in [0.4, 0.5) is 10.1 Å². The van der Waals surface area contributed by atoms with Crippen LogP contribution in [0.25, 0.3) is 0 Å². The van der Waals surface area contributed by atoms with Crippen LogP contribution in [0.2, 0.25) is 0 Å². The number of hydrogen-bond acceptors (Lipinski definition) is 3. The third-order valence-electron chi connectivity index (χ3n) is 2.88. The fourth-order valence-corrected chi connectivity index (χ4v) is 1.85. The van der Waals surface area contributed by atoms with Crippen molar-refractivity contribution in [1.29, 1.82) is 0 Å². The number of nitrogens with two attached hydrogens (primary N) is 1. The van der Waals surface area contributed by atoms with Crippen LogP contribution in [0.15, 0.2) is 30.6 Å². The van der Waals surface area contributed by atoms with Crippen molar-refractivity contribution < 1.29 is 4.39 Å². The molecule has 0 fully saturated rings. The predicted octanol–water partition coefficient (Wildman–Crippen LogP) is 1.77. The van der Waals surface area contributed by atoms with Crippen molar-refractivity contribution in [3.8, 4) is 0 Å². The van der Waals surface area contributed by atoms with Gasteiger partial charge < -0.3 is 10.3 Å². The highest BCUT2D eigenvalue weighted by atomic mass is 19.1. The summed E-state index contributed by atoms with van der Waals surface area (Å²) in [5, 5.41) is 0. The monoisotopic (exact) mass is 248 g/mol. The van der Waals surface area contributed by atoms with Crippen LogP contribution >= 0.6 is 0 Å². The Morgan fingerprint density at radius 2 is 2.17 bits per heavy atom. The van der Waals surface area contributed by atoms with Gasteiger partial charge in [-0.15, -0.1) is 0 Å². The Balaban J connectivity index is 2.05. The maximum Gasteiger partial charge on any atom is 0.123 e. The molecule has 2 aromatic rings. The lowest BCUT2D eigenvalue weighted by Crippen LogP contribution is -2.20. The first-order valence-corrected chi connectivity index (χ1v) is 5.75. The van der Waals surface area contributed by atoms with E-state index in [0.29, 0.717) is 18.8 Å². The zero-order valence-corrected chi connectivity index (χ0v) is 10.6. The summed E-state index contributed by atoms with van der Waals surface area (Å²) in [5.41, 5.74) is 7.24. The van der Waals surface area contributed by atoms with E-state index in [2.05, 4.69) is 4.98 Å². The van der Waals surface area contributed by atoms with E-state index >= 15 is 0 Å².